The molecule has 12 aromatic carbocycles. The van der Waals surface area contributed by atoms with Crippen LogP contribution in [0.3, 0.4) is 0 Å². The minimum absolute atomic E-state index is 1.10. The van der Waals surface area contributed by atoms with Gasteiger partial charge in [-0.05, 0) is 137 Å². The first kappa shape index (κ1) is 39.8. The van der Waals surface area contributed by atoms with Gasteiger partial charge in [0.25, 0.3) is 0 Å². The zero-order valence-corrected chi connectivity index (χ0v) is 38.0. The van der Waals surface area contributed by atoms with Crippen LogP contribution in [0.2, 0.25) is 0 Å². The quantitative estimate of drug-likeness (QED) is 0.147. The number of anilines is 3. The Morgan fingerprint density at radius 3 is 1.26 bits per heavy atom. The average molecular weight is 882 g/mol. The molecule has 0 N–H and O–H groups in total. The summed E-state index contributed by atoms with van der Waals surface area (Å²) in [6.45, 7) is 0. The fourth-order valence-electron chi connectivity index (χ4n) is 10.1. The number of fused-ring (bicyclic) bond motifs is 7. The molecule has 1 heterocycles. The largest absolute Gasteiger partial charge is 0.309 e. The van der Waals surface area contributed by atoms with E-state index >= 15 is 0 Å². The van der Waals surface area contributed by atoms with E-state index < -0.39 is 0 Å². The Morgan fingerprint density at radius 2 is 0.662 bits per heavy atom. The van der Waals surface area contributed by atoms with Crippen molar-refractivity contribution in [3.05, 3.63) is 261 Å². The van der Waals surface area contributed by atoms with Crippen LogP contribution in [0.25, 0.3) is 108 Å². The highest BCUT2D eigenvalue weighted by molar-refractivity contribution is 7.27. The monoisotopic (exact) mass is 881 g/mol. The van der Waals surface area contributed by atoms with Crippen LogP contribution in [0, 0.1) is 0 Å². The Kier molecular flexibility index (Phi) is 9.77. The molecule has 0 atom stereocenters. The van der Waals surface area contributed by atoms with Crippen molar-refractivity contribution in [1.29, 1.82) is 0 Å². The van der Waals surface area contributed by atoms with Gasteiger partial charge in [0.15, 0.2) is 0 Å². The smallest absolute Gasteiger partial charge is 0.0640 e. The Labute approximate surface area is 400 Å². The molecule has 13 rings (SSSR count). The number of nitrogens with zero attached hydrogens (tertiary/aromatic N) is 1. The molecule has 2 heteroatoms. The molecule has 0 fully saturated rings. The van der Waals surface area contributed by atoms with Gasteiger partial charge < -0.3 is 4.90 Å². The molecule has 1 aromatic heterocycles. The third-order valence-electron chi connectivity index (χ3n) is 13.6. The molecular weight excluding hydrogens is 839 g/mol. The molecular formula is C66H43NS. The topological polar surface area (TPSA) is 3.24 Å². The van der Waals surface area contributed by atoms with Crippen LogP contribution < -0.4 is 4.90 Å². The van der Waals surface area contributed by atoms with Crippen molar-refractivity contribution in [2.45, 2.75) is 0 Å². The van der Waals surface area contributed by atoms with Crippen molar-refractivity contribution in [3.8, 4) is 55.6 Å². The Bertz CT molecular complexity index is 3980. The fourth-order valence-corrected chi connectivity index (χ4v) is 11.5. The third kappa shape index (κ3) is 7.11. The van der Waals surface area contributed by atoms with Crippen LogP contribution in [-0.2, 0) is 0 Å². The molecule has 68 heavy (non-hydrogen) atoms. The maximum absolute atomic E-state index is 2.45. The molecule has 1 nitrogen and oxygen atoms in total. The summed E-state index contributed by atoms with van der Waals surface area (Å²) in [5.41, 5.74) is 15.5. The van der Waals surface area contributed by atoms with Gasteiger partial charge in [-0.25, -0.2) is 0 Å². The molecule has 13 aromatic rings. The van der Waals surface area contributed by atoms with Gasteiger partial charge in [0.05, 0.1) is 10.4 Å². The SMILES string of the molecule is c1ccc(-c2ccc(-c3ccc(N(c4ccc(-c5ccc6cc(-c7ccc8ccccc8c7)ccc6c5)cc4)c4cccc5c4sc4c(-c6ccccc6)cc6ccccc6c45)cc3)cc2)cc1. The lowest BCUT2D eigenvalue weighted by molar-refractivity contribution is 1.30. The number of hydrogen-bond donors (Lipinski definition) is 0. The standard InChI is InChI=1S/C66H43NS/c1-3-12-44(13-4-1)46-22-24-47(25-23-46)48-32-36-58(37-33-48)67(63-21-11-20-61-64-60-19-10-9-18-57(60)43-62(66(64)68-65(61)63)50-15-5-2-6-16-50)59-38-34-49(35-39-59)52-28-29-55-42-56(31-30-54(55)41-52)53-27-26-45-14-7-8-17-51(45)40-53/h1-43H. The van der Waals surface area contributed by atoms with E-state index in [4.69, 9.17) is 0 Å². The second-order valence-corrected chi connectivity index (χ2v) is 18.7. The molecule has 0 aliphatic carbocycles. The van der Waals surface area contributed by atoms with Crippen molar-refractivity contribution in [3.63, 3.8) is 0 Å². The van der Waals surface area contributed by atoms with Crippen molar-refractivity contribution in [2.75, 3.05) is 4.90 Å². The van der Waals surface area contributed by atoms with Crippen LogP contribution in [-0.4, -0.2) is 0 Å². The number of rotatable bonds is 8. The Hall–Kier alpha value is -8.56. The minimum Gasteiger partial charge on any atom is -0.309 e. The summed E-state index contributed by atoms with van der Waals surface area (Å²) in [6, 6.07) is 95.6. The van der Waals surface area contributed by atoms with E-state index in [1.807, 2.05) is 11.3 Å². The van der Waals surface area contributed by atoms with Gasteiger partial charge in [-0.3, -0.25) is 0 Å². The molecule has 0 radical (unpaired) electrons. The van der Waals surface area contributed by atoms with Gasteiger partial charge in [0, 0.05) is 32.4 Å². The number of benzene rings is 12. The van der Waals surface area contributed by atoms with Crippen molar-refractivity contribution >= 4 is 80.9 Å². The van der Waals surface area contributed by atoms with E-state index in [9.17, 15) is 0 Å². The second-order valence-electron chi connectivity index (χ2n) is 17.7. The normalized spacial score (nSPS) is 11.5. The summed E-state index contributed by atoms with van der Waals surface area (Å²) in [5, 5.41) is 10.1. The molecule has 0 aliphatic rings. The molecule has 0 spiro atoms. The molecule has 0 saturated carbocycles. The highest BCUT2D eigenvalue weighted by Crippen LogP contribution is 2.49. The molecule has 318 valence electrons. The van der Waals surface area contributed by atoms with Crippen LogP contribution in [0.1, 0.15) is 0 Å². The summed E-state index contributed by atoms with van der Waals surface area (Å²) in [7, 11) is 0. The van der Waals surface area contributed by atoms with Crippen molar-refractivity contribution < 1.29 is 0 Å². The summed E-state index contributed by atoms with van der Waals surface area (Å²) in [6.07, 6.45) is 0. The van der Waals surface area contributed by atoms with Crippen LogP contribution in [0.15, 0.2) is 261 Å². The second kappa shape index (κ2) is 16.7. The first-order valence-corrected chi connectivity index (χ1v) is 24.1. The van der Waals surface area contributed by atoms with E-state index in [-0.39, 0.29) is 0 Å². The van der Waals surface area contributed by atoms with Gasteiger partial charge in [-0.15, -0.1) is 11.3 Å². The van der Waals surface area contributed by atoms with Crippen LogP contribution in [0.5, 0.6) is 0 Å². The highest BCUT2D eigenvalue weighted by Gasteiger charge is 2.21. The van der Waals surface area contributed by atoms with Crippen molar-refractivity contribution in [2.24, 2.45) is 0 Å². The van der Waals surface area contributed by atoms with E-state index in [2.05, 4.69) is 266 Å². The molecule has 0 bridgehead atoms. The highest BCUT2D eigenvalue weighted by atomic mass is 32.1. The lowest BCUT2D eigenvalue weighted by Crippen LogP contribution is -2.10. The summed E-state index contributed by atoms with van der Waals surface area (Å²) in [4.78, 5) is 2.45. The van der Waals surface area contributed by atoms with E-state index in [0.717, 1.165) is 17.1 Å². The third-order valence-corrected chi connectivity index (χ3v) is 14.9. The zero-order valence-electron chi connectivity index (χ0n) is 37.2. The van der Waals surface area contributed by atoms with Crippen LogP contribution >= 0.6 is 11.3 Å². The molecule has 0 saturated heterocycles. The summed E-state index contributed by atoms with van der Waals surface area (Å²) >= 11 is 1.90. The lowest BCUT2D eigenvalue weighted by atomic mass is 9.96. The Balaban J connectivity index is 0.909. The maximum Gasteiger partial charge on any atom is 0.0640 e. The number of hydrogen-bond acceptors (Lipinski definition) is 2. The molecule has 0 unspecified atom stereocenters. The fraction of sp³-hybridized carbons (Fsp3) is 0. The van der Waals surface area contributed by atoms with E-state index in [1.54, 1.807) is 0 Å². The van der Waals surface area contributed by atoms with Gasteiger partial charge in [0.1, 0.15) is 0 Å². The lowest BCUT2D eigenvalue weighted by Gasteiger charge is -2.26. The first-order chi connectivity index (χ1) is 33.7. The van der Waals surface area contributed by atoms with Gasteiger partial charge in [0.2, 0.25) is 0 Å². The molecule has 0 amide bonds. The van der Waals surface area contributed by atoms with Gasteiger partial charge in [-0.1, -0.05) is 206 Å². The minimum atomic E-state index is 1.10. The van der Waals surface area contributed by atoms with E-state index in [0.29, 0.717) is 0 Å². The van der Waals surface area contributed by atoms with Gasteiger partial charge in [-0.2, -0.15) is 0 Å². The van der Waals surface area contributed by atoms with E-state index in [1.165, 1.54) is 108 Å². The van der Waals surface area contributed by atoms with Crippen molar-refractivity contribution in [1.82, 2.24) is 0 Å². The summed E-state index contributed by atoms with van der Waals surface area (Å²) in [5.74, 6) is 0. The zero-order chi connectivity index (χ0) is 45.0. The van der Waals surface area contributed by atoms with Gasteiger partial charge >= 0.3 is 0 Å². The summed E-state index contributed by atoms with van der Waals surface area (Å²) < 4.78 is 2.57. The maximum atomic E-state index is 2.45. The first-order valence-electron chi connectivity index (χ1n) is 23.3. The predicted octanol–water partition coefficient (Wildman–Crippen LogP) is 19.3. The number of thiophene rings is 1. The molecule has 0 aliphatic heterocycles. The Morgan fingerprint density at radius 1 is 0.250 bits per heavy atom. The van der Waals surface area contributed by atoms with Crippen LogP contribution in [0.4, 0.5) is 17.1 Å². The predicted molar refractivity (Wildman–Crippen MR) is 294 cm³/mol. The average Bonchev–Trinajstić information content (AvgIpc) is 3.82.